The van der Waals surface area contributed by atoms with E-state index in [1.165, 1.54) is 19.2 Å². The molecule has 0 bridgehead atoms. The van der Waals surface area contributed by atoms with Gasteiger partial charge in [0.1, 0.15) is 12.2 Å². The molecule has 0 radical (unpaired) electrons. The zero-order chi connectivity index (χ0) is 26.7. The standard InChI is InChI=1S/C25H32N2O8/c1-9-17(34-22(31)24(2,3)4)20-15-11-10-14(26-18(28)13-19(29)33-8)12-16(15)27(21(20)30)35-23(32)25(5,6)7/h10-12H,9,13H2,1-8H3,(H,26,28)/b20-17-. The Bertz CT molecular complexity index is 1090. The average Bonchev–Trinajstić information content (AvgIpc) is 3.01. The Morgan fingerprint density at radius 2 is 1.57 bits per heavy atom. The summed E-state index contributed by atoms with van der Waals surface area (Å²) in [4.78, 5) is 67.5. The second-order valence-electron chi connectivity index (χ2n) is 10.1. The van der Waals surface area contributed by atoms with Gasteiger partial charge in [-0.2, -0.15) is 0 Å². The van der Waals surface area contributed by atoms with E-state index in [1.54, 1.807) is 54.5 Å². The van der Waals surface area contributed by atoms with Gasteiger partial charge in [0.15, 0.2) is 0 Å². The normalized spacial score (nSPS) is 14.7. The van der Waals surface area contributed by atoms with Crippen molar-refractivity contribution in [1.29, 1.82) is 0 Å². The first-order chi connectivity index (χ1) is 16.1. The number of carbonyl (C=O) groups excluding carboxylic acids is 5. The first-order valence-corrected chi connectivity index (χ1v) is 11.1. The van der Waals surface area contributed by atoms with Gasteiger partial charge in [-0.05, 0) is 59.7 Å². The van der Waals surface area contributed by atoms with Gasteiger partial charge in [0, 0.05) is 17.7 Å². The summed E-state index contributed by atoms with van der Waals surface area (Å²) >= 11 is 0. The van der Waals surface area contributed by atoms with Crippen molar-refractivity contribution in [2.45, 2.75) is 61.3 Å². The summed E-state index contributed by atoms with van der Waals surface area (Å²) in [5.41, 5.74) is -0.844. The summed E-state index contributed by atoms with van der Waals surface area (Å²) in [5.74, 6) is -3.07. The maximum atomic E-state index is 13.4. The lowest BCUT2D eigenvalue weighted by molar-refractivity contribution is -0.157. The monoisotopic (exact) mass is 488 g/mol. The van der Waals surface area contributed by atoms with E-state index in [-0.39, 0.29) is 29.1 Å². The van der Waals surface area contributed by atoms with Crippen molar-refractivity contribution in [3.05, 3.63) is 29.5 Å². The fourth-order valence-electron chi connectivity index (χ4n) is 2.87. The minimum absolute atomic E-state index is 0.0780. The van der Waals surface area contributed by atoms with Crippen LogP contribution in [0.15, 0.2) is 24.0 Å². The molecular formula is C25H32N2O8. The number of allylic oxidation sites excluding steroid dienone is 1. The second-order valence-corrected chi connectivity index (χ2v) is 10.1. The molecule has 35 heavy (non-hydrogen) atoms. The van der Waals surface area contributed by atoms with Gasteiger partial charge in [-0.25, -0.2) is 4.79 Å². The van der Waals surface area contributed by atoms with Gasteiger partial charge in [-0.3, -0.25) is 19.2 Å². The highest BCUT2D eigenvalue weighted by Gasteiger charge is 2.41. The van der Waals surface area contributed by atoms with Gasteiger partial charge in [0.2, 0.25) is 5.91 Å². The molecule has 1 N–H and O–H groups in total. The third kappa shape index (κ3) is 6.46. The van der Waals surface area contributed by atoms with E-state index >= 15 is 0 Å². The summed E-state index contributed by atoms with van der Waals surface area (Å²) in [5, 5.41) is 3.37. The molecule has 1 aliphatic heterocycles. The molecule has 0 atom stereocenters. The van der Waals surface area contributed by atoms with E-state index in [9.17, 15) is 24.0 Å². The fraction of sp³-hybridized carbons (Fsp3) is 0.480. The summed E-state index contributed by atoms with van der Waals surface area (Å²) in [6.45, 7) is 11.7. The highest BCUT2D eigenvalue weighted by molar-refractivity contribution is 6.33. The molecule has 1 heterocycles. The molecule has 1 aromatic carbocycles. The van der Waals surface area contributed by atoms with E-state index < -0.39 is 47.0 Å². The Balaban J connectivity index is 2.57. The van der Waals surface area contributed by atoms with Gasteiger partial charge < -0.3 is 19.6 Å². The van der Waals surface area contributed by atoms with Crippen molar-refractivity contribution in [3.8, 4) is 0 Å². The number of nitrogens with zero attached hydrogens (tertiary/aromatic N) is 1. The Labute approximate surface area is 204 Å². The molecule has 2 rings (SSSR count). The van der Waals surface area contributed by atoms with E-state index in [2.05, 4.69) is 10.1 Å². The number of hydroxylamine groups is 1. The number of nitrogens with one attached hydrogen (secondary N) is 1. The summed E-state index contributed by atoms with van der Waals surface area (Å²) in [6, 6.07) is 4.50. The predicted octanol–water partition coefficient (Wildman–Crippen LogP) is 3.75. The number of benzene rings is 1. The second kappa shape index (κ2) is 10.3. The first-order valence-electron chi connectivity index (χ1n) is 11.1. The minimum atomic E-state index is -0.911. The Morgan fingerprint density at radius 1 is 0.971 bits per heavy atom. The molecule has 0 unspecified atom stereocenters. The van der Waals surface area contributed by atoms with E-state index in [4.69, 9.17) is 9.57 Å². The minimum Gasteiger partial charge on any atom is -0.469 e. The maximum absolute atomic E-state index is 13.4. The number of hydrogen-bond donors (Lipinski definition) is 1. The smallest absolute Gasteiger partial charge is 0.338 e. The van der Waals surface area contributed by atoms with Gasteiger partial charge >= 0.3 is 17.9 Å². The van der Waals surface area contributed by atoms with Crippen LogP contribution in [0.3, 0.4) is 0 Å². The molecule has 0 aromatic heterocycles. The number of methoxy groups -OCH3 is 1. The Kier molecular flexibility index (Phi) is 8.10. The lowest BCUT2D eigenvalue weighted by atomic mass is 9.97. The first kappa shape index (κ1) is 27.6. The zero-order valence-corrected chi connectivity index (χ0v) is 21.4. The molecular weight excluding hydrogens is 456 g/mol. The van der Waals surface area contributed by atoms with Gasteiger partial charge in [0.25, 0.3) is 5.91 Å². The highest BCUT2D eigenvalue weighted by Crippen LogP contribution is 2.42. The average molecular weight is 489 g/mol. The van der Waals surface area contributed by atoms with Crippen LogP contribution in [0.25, 0.3) is 5.57 Å². The molecule has 0 spiro atoms. The van der Waals surface area contributed by atoms with Crippen LogP contribution in [-0.2, 0) is 38.3 Å². The lowest BCUT2D eigenvalue weighted by Gasteiger charge is -2.22. The van der Waals surface area contributed by atoms with Crippen LogP contribution in [0.4, 0.5) is 11.4 Å². The number of ether oxygens (including phenoxy) is 2. The molecule has 0 fully saturated rings. The molecule has 190 valence electrons. The number of anilines is 2. The quantitative estimate of drug-likeness (QED) is 0.277. The summed E-state index contributed by atoms with van der Waals surface area (Å²) < 4.78 is 10.1. The molecule has 0 saturated carbocycles. The molecule has 10 nitrogen and oxygen atoms in total. The van der Waals surface area contributed by atoms with Gasteiger partial charge in [-0.1, -0.05) is 6.92 Å². The number of amides is 2. The molecule has 2 amide bonds. The van der Waals surface area contributed by atoms with Crippen molar-refractivity contribution >= 4 is 46.7 Å². The van der Waals surface area contributed by atoms with Crippen LogP contribution < -0.4 is 10.4 Å². The number of hydrogen-bond acceptors (Lipinski definition) is 8. The molecule has 10 heteroatoms. The third-order valence-electron chi connectivity index (χ3n) is 4.92. The van der Waals surface area contributed by atoms with Gasteiger partial charge in [-0.15, -0.1) is 5.06 Å². The Morgan fingerprint density at radius 3 is 2.09 bits per heavy atom. The molecule has 1 aliphatic rings. The van der Waals surface area contributed by atoms with E-state index in [1.807, 2.05) is 0 Å². The third-order valence-corrected chi connectivity index (χ3v) is 4.92. The molecule has 0 saturated heterocycles. The topological polar surface area (TPSA) is 128 Å². The number of esters is 2. The highest BCUT2D eigenvalue weighted by atomic mass is 16.7. The van der Waals surface area contributed by atoms with Crippen LogP contribution in [0.1, 0.15) is 66.9 Å². The number of carbonyl (C=O) groups is 5. The zero-order valence-electron chi connectivity index (χ0n) is 21.4. The fourth-order valence-corrected chi connectivity index (χ4v) is 2.87. The van der Waals surface area contributed by atoms with Crippen molar-refractivity contribution in [2.75, 3.05) is 17.5 Å². The number of rotatable bonds is 6. The van der Waals surface area contributed by atoms with Crippen LogP contribution in [0, 0.1) is 10.8 Å². The Hall–Kier alpha value is -3.69. The van der Waals surface area contributed by atoms with Crippen LogP contribution in [0.5, 0.6) is 0 Å². The van der Waals surface area contributed by atoms with Crippen molar-refractivity contribution < 1.29 is 38.3 Å². The van der Waals surface area contributed by atoms with Crippen LogP contribution in [0.2, 0.25) is 0 Å². The maximum Gasteiger partial charge on any atom is 0.338 e. The van der Waals surface area contributed by atoms with Crippen LogP contribution in [-0.4, -0.2) is 36.8 Å². The van der Waals surface area contributed by atoms with Crippen molar-refractivity contribution in [2.24, 2.45) is 10.8 Å². The predicted molar refractivity (Wildman–Crippen MR) is 127 cm³/mol. The molecule has 1 aromatic rings. The van der Waals surface area contributed by atoms with Gasteiger partial charge in [0.05, 0.1) is 29.2 Å². The summed E-state index contributed by atoms with van der Waals surface area (Å²) in [6.07, 6.45) is -0.274. The van der Waals surface area contributed by atoms with E-state index in [0.29, 0.717) is 5.56 Å². The van der Waals surface area contributed by atoms with Crippen molar-refractivity contribution in [1.82, 2.24) is 0 Å². The lowest BCUT2D eigenvalue weighted by Crippen LogP contribution is -2.35. The van der Waals surface area contributed by atoms with Crippen LogP contribution >= 0.6 is 0 Å². The SMILES string of the molecule is CC/C(OC(=O)C(C)(C)C)=C1/C(=O)N(OC(=O)C(C)(C)C)c2cc(NC(=O)CC(=O)OC)ccc21. The van der Waals surface area contributed by atoms with E-state index in [0.717, 1.165) is 5.06 Å². The number of fused-ring (bicyclic) bond motifs is 1. The molecule has 0 aliphatic carbocycles. The van der Waals surface area contributed by atoms with Crippen molar-refractivity contribution in [3.63, 3.8) is 0 Å². The summed E-state index contributed by atoms with van der Waals surface area (Å²) in [7, 11) is 1.17. The largest absolute Gasteiger partial charge is 0.469 e.